The van der Waals surface area contributed by atoms with Gasteiger partial charge >= 0.3 is 11.9 Å². The average molecular weight is 297 g/mol. The van der Waals surface area contributed by atoms with Gasteiger partial charge in [-0.15, -0.1) is 0 Å². The Balaban J connectivity index is 2.05. The molecule has 1 aliphatic heterocycles. The number of carbonyl (C=O) groups is 3. The molecular formula is C15H23NO5. The van der Waals surface area contributed by atoms with E-state index in [9.17, 15) is 19.5 Å². The van der Waals surface area contributed by atoms with Crippen LogP contribution in [-0.4, -0.2) is 47.0 Å². The van der Waals surface area contributed by atoms with E-state index in [1.54, 1.807) is 6.92 Å². The second-order valence-electron chi connectivity index (χ2n) is 5.97. The van der Waals surface area contributed by atoms with Crippen LogP contribution in [-0.2, 0) is 19.1 Å². The summed E-state index contributed by atoms with van der Waals surface area (Å²) in [5.41, 5.74) is -0.932. The number of nitrogens with zero attached hydrogens (tertiary/aromatic N) is 1. The minimum atomic E-state index is -0.932. The van der Waals surface area contributed by atoms with Crippen molar-refractivity contribution in [1.82, 2.24) is 4.90 Å². The van der Waals surface area contributed by atoms with Gasteiger partial charge in [-0.2, -0.15) is 0 Å². The van der Waals surface area contributed by atoms with Crippen molar-refractivity contribution in [3.63, 3.8) is 0 Å². The lowest BCUT2D eigenvalue weighted by Crippen LogP contribution is -2.44. The Morgan fingerprint density at radius 3 is 2.48 bits per heavy atom. The van der Waals surface area contributed by atoms with Gasteiger partial charge in [0.2, 0.25) is 5.91 Å². The molecule has 6 nitrogen and oxygen atoms in total. The van der Waals surface area contributed by atoms with E-state index in [1.165, 1.54) is 4.90 Å². The molecule has 0 aromatic heterocycles. The molecule has 0 radical (unpaired) electrons. The highest BCUT2D eigenvalue weighted by Crippen LogP contribution is 2.42. The second-order valence-corrected chi connectivity index (χ2v) is 5.97. The molecule has 1 amide bonds. The van der Waals surface area contributed by atoms with Crippen molar-refractivity contribution in [2.75, 3.05) is 13.2 Å². The van der Waals surface area contributed by atoms with Crippen LogP contribution in [0.2, 0.25) is 0 Å². The van der Waals surface area contributed by atoms with Crippen LogP contribution in [0.25, 0.3) is 0 Å². The Bertz CT molecular complexity index is 428. The number of aliphatic carboxylic acids is 1. The van der Waals surface area contributed by atoms with Crippen LogP contribution < -0.4 is 0 Å². The van der Waals surface area contributed by atoms with Crippen molar-refractivity contribution >= 4 is 17.8 Å². The van der Waals surface area contributed by atoms with Crippen molar-refractivity contribution in [3.8, 4) is 0 Å². The Morgan fingerprint density at radius 1 is 1.24 bits per heavy atom. The topological polar surface area (TPSA) is 83.9 Å². The van der Waals surface area contributed by atoms with Gasteiger partial charge in [0.15, 0.2) is 0 Å². The van der Waals surface area contributed by atoms with E-state index in [-0.39, 0.29) is 24.9 Å². The predicted octanol–water partition coefficient (Wildman–Crippen LogP) is 1.58. The summed E-state index contributed by atoms with van der Waals surface area (Å²) in [5, 5.41) is 9.45. The maximum atomic E-state index is 12.5. The molecule has 1 saturated carbocycles. The lowest BCUT2D eigenvalue weighted by atomic mass is 9.82. The molecule has 2 rings (SSSR count). The van der Waals surface area contributed by atoms with Gasteiger partial charge in [-0.1, -0.05) is 12.8 Å². The van der Waals surface area contributed by atoms with Crippen molar-refractivity contribution in [2.45, 2.75) is 57.9 Å². The van der Waals surface area contributed by atoms with Gasteiger partial charge in [-0.3, -0.25) is 9.59 Å². The number of carboxylic acids is 1. The van der Waals surface area contributed by atoms with E-state index in [0.29, 0.717) is 25.8 Å². The molecule has 1 unspecified atom stereocenters. The van der Waals surface area contributed by atoms with Crippen LogP contribution in [0.4, 0.5) is 0 Å². The van der Waals surface area contributed by atoms with Gasteiger partial charge in [0, 0.05) is 13.0 Å². The molecule has 21 heavy (non-hydrogen) atoms. The zero-order valence-corrected chi connectivity index (χ0v) is 12.5. The summed E-state index contributed by atoms with van der Waals surface area (Å²) in [6, 6.07) is -0.537. The molecule has 0 aromatic rings. The largest absolute Gasteiger partial charge is 0.481 e. The van der Waals surface area contributed by atoms with Crippen molar-refractivity contribution < 1.29 is 24.2 Å². The van der Waals surface area contributed by atoms with Gasteiger partial charge in [0.05, 0.1) is 12.0 Å². The standard InChI is InChI=1S/C15H23NO5/c1-2-21-13(18)11-6-5-9-16(11)12(17)10-15(14(19)20)7-3-4-8-15/h11H,2-10H2,1H3,(H,19,20). The fourth-order valence-electron chi connectivity index (χ4n) is 3.46. The van der Waals surface area contributed by atoms with Crippen molar-refractivity contribution in [2.24, 2.45) is 5.41 Å². The Kier molecular flexibility index (Phi) is 4.85. The smallest absolute Gasteiger partial charge is 0.328 e. The van der Waals surface area contributed by atoms with Crippen molar-refractivity contribution in [3.05, 3.63) is 0 Å². The normalized spacial score (nSPS) is 24.0. The molecule has 1 N–H and O–H groups in total. The lowest BCUT2D eigenvalue weighted by Gasteiger charge is -2.28. The SMILES string of the molecule is CCOC(=O)C1CCCN1C(=O)CC1(C(=O)O)CCCC1. The first-order valence-electron chi connectivity index (χ1n) is 7.70. The molecule has 6 heteroatoms. The van der Waals surface area contributed by atoms with Crippen LogP contribution in [0.1, 0.15) is 51.9 Å². The average Bonchev–Trinajstić information content (AvgIpc) is 3.08. The number of ether oxygens (including phenoxy) is 1. The Labute approximate surface area is 124 Å². The molecule has 1 heterocycles. The summed E-state index contributed by atoms with van der Waals surface area (Å²) >= 11 is 0. The molecule has 1 atom stereocenters. The van der Waals surface area contributed by atoms with Crippen LogP contribution >= 0.6 is 0 Å². The highest BCUT2D eigenvalue weighted by molar-refractivity contribution is 5.89. The maximum Gasteiger partial charge on any atom is 0.328 e. The molecule has 0 spiro atoms. The Morgan fingerprint density at radius 2 is 1.90 bits per heavy atom. The van der Waals surface area contributed by atoms with Crippen LogP contribution in [0.5, 0.6) is 0 Å². The van der Waals surface area contributed by atoms with E-state index < -0.39 is 17.4 Å². The van der Waals surface area contributed by atoms with Gasteiger partial charge < -0.3 is 14.7 Å². The summed E-state index contributed by atoms with van der Waals surface area (Å²) in [7, 11) is 0. The third-order valence-corrected chi connectivity index (χ3v) is 4.64. The molecule has 2 aliphatic rings. The van der Waals surface area contributed by atoms with Gasteiger partial charge in [-0.25, -0.2) is 4.79 Å². The van der Waals surface area contributed by atoms with E-state index in [1.807, 2.05) is 0 Å². The highest BCUT2D eigenvalue weighted by Gasteiger charge is 2.45. The van der Waals surface area contributed by atoms with Crippen LogP contribution in [0.3, 0.4) is 0 Å². The first-order chi connectivity index (χ1) is 10.00. The molecule has 2 fully saturated rings. The zero-order valence-electron chi connectivity index (χ0n) is 12.5. The highest BCUT2D eigenvalue weighted by atomic mass is 16.5. The first-order valence-corrected chi connectivity index (χ1v) is 7.70. The van der Waals surface area contributed by atoms with Crippen LogP contribution in [0, 0.1) is 5.41 Å². The van der Waals surface area contributed by atoms with Gasteiger partial charge in [0.1, 0.15) is 6.04 Å². The summed E-state index contributed by atoms with van der Waals surface area (Å²) in [5.74, 6) is -1.49. The fraction of sp³-hybridized carbons (Fsp3) is 0.800. The number of amides is 1. The lowest BCUT2D eigenvalue weighted by molar-refractivity contribution is -0.157. The third kappa shape index (κ3) is 3.19. The molecule has 1 saturated heterocycles. The molecule has 118 valence electrons. The third-order valence-electron chi connectivity index (χ3n) is 4.64. The van der Waals surface area contributed by atoms with Gasteiger partial charge in [-0.05, 0) is 32.6 Å². The van der Waals surface area contributed by atoms with Gasteiger partial charge in [0.25, 0.3) is 0 Å². The zero-order chi connectivity index (χ0) is 15.5. The second kappa shape index (κ2) is 6.45. The summed E-state index contributed by atoms with van der Waals surface area (Å²) in [6.07, 6.45) is 4.15. The van der Waals surface area contributed by atoms with E-state index in [2.05, 4.69) is 0 Å². The fourth-order valence-corrected chi connectivity index (χ4v) is 3.46. The number of hydrogen-bond acceptors (Lipinski definition) is 4. The Hall–Kier alpha value is -1.59. The summed E-state index contributed by atoms with van der Waals surface area (Å²) in [6.45, 7) is 2.53. The van der Waals surface area contributed by atoms with E-state index >= 15 is 0 Å². The number of likely N-dealkylation sites (tertiary alicyclic amines) is 1. The van der Waals surface area contributed by atoms with E-state index in [4.69, 9.17) is 4.74 Å². The number of hydrogen-bond donors (Lipinski definition) is 1. The monoisotopic (exact) mass is 297 g/mol. The number of carbonyl (C=O) groups excluding carboxylic acids is 2. The molecule has 0 bridgehead atoms. The number of rotatable bonds is 5. The van der Waals surface area contributed by atoms with Crippen LogP contribution in [0.15, 0.2) is 0 Å². The summed E-state index contributed by atoms with van der Waals surface area (Å²) in [4.78, 5) is 37.4. The minimum Gasteiger partial charge on any atom is -0.481 e. The first kappa shape index (κ1) is 15.8. The van der Waals surface area contributed by atoms with Crippen molar-refractivity contribution in [1.29, 1.82) is 0 Å². The number of carboxylic acid groups (broad SMARTS) is 1. The maximum absolute atomic E-state index is 12.5. The molecule has 0 aromatic carbocycles. The quantitative estimate of drug-likeness (QED) is 0.779. The summed E-state index contributed by atoms with van der Waals surface area (Å²) < 4.78 is 5.00. The van der Waals surface area contributed by atoms with E-state index in [0.717, 1.165) is 19.3 Å². The minimum absolute atomic E-state index is 0.00175. The molecule has 1 aliphatic carbocycles. The predicted molar refractivity (Wildman–Crippen MR) is 74.5 cm³/mol. The number of esters is 1. The molecular weight excluding hydrogens is 274 g/mol.